The van der Waals surface area contributed by atoms with Gasteiger partial charge in [-0.15, -0.1) is 0 Å². The molecule has 0 radical (unpaired) electrons. The van der Waals surface area contributed by atoms with Crippen LogP contribution in [0, 0.1) is 0 Å². The van der Waals surface area contributed by atoms with Gasteiger partial charge in [0.1, 0.15) is 0 Å². The Hall–Kier alpha value is -1.06. The zero-order chi connectivity index (χ0) is 12.1. The minimum Gasteiger partial charge on any atom is -0.481 e. The van der Waals surface area contributed by atoms with Gasteiger partial charge in [-0.2, -0.15) is 0 Å². The average molecular weight is 218 g/mol. The number of carbonyl (C=O) groups excluding carboxylic acids is 1. The molecule has 0 bridgehead atoms. The Balaban J connectivity index is 0. The normalized spacial score (nSPS) is 8.73. The van der Waals surface area contributed by atoms with Gasteiger partial charge in [0.25, 0.3) is 0 Å². The molecule has 0 atom stereocenters. The van der Waals surface area contributed by atoms with Crippen LogP contribution in [-0.2, 0) is 14.3 Å². The van der Waals surface area contributed by atoms with Crippen LogP contribution in [0.1, 0.15) is 52.9 Å². The molecule has 0 aromatic heterocycles. The van der Waals surface area contributed by atoms with Crippen molar-refractivity contribution in [1.29, 1.82) is 0 Å². The molecule has 0 aliphatic rings. The number of carboxylic acid groups (broad SMARTS) is 1. The highest BCUT2D eigenvalue weighted by Gasteiger charge is 1.94. The Kier molecular flexibility index (Phi) is 14.1. The zero-order valence-corrected chi connectivity index (χ0v) is 9.91. The van der Waals surface area contributed by atoms with Crippen molar-refractivity contribution in [2.75, 3.05) is 6.61 Å². The number of carbonyl (C=O) groups is 2. The lowest BCUT2D eigenvalue weighted by Gasteiger charge is -1.99. The first kappa shape index (κ1) is 16.4. The third-order valence-electron chi connectivity index (χ3n) is 1.51. The average Bonchev–Trinajstić information content (AvgIpc) is 2.18. The lowest BCUT2D eigenvalue weighted by atomic mass is 10.4. The first-order valence-electron chi connectivity index (χ1n) is 5.45. The van der Waals surface area contributed by atoms with Crippen LogP contribution in [0.3, 0.4) is 0 Å². The van der Waals surface area contributed by atoms with Crippen LogP contribution in [0.5, 0.6) is 0 Å². The molecule has 1 N–H and O–H groups in total. The molecule has 0 saturated carbocycles. The van der Waals surface area contributed by atoms with Gasteiger partial charge in [-0.1, -0.05) is 27.2 Å². The predicted molar refractivity (Wildman–Crippen MR) is 58.7 cm³/mol. The quantitative estimate of drug-likeness (QED) is 0.550. The van der Waals surface area contributed by atoms with Gasteiger partial charge in [-0.3, -0.25) is 9.59 Å². The van der Waals surface area contributed by atoms with E-state index in [4.69, 9.17) is 9.84 Å². The number of hydrogen-bond acceptors (Lipinski definition) is 3. The van der Waals surface area contributed by atoms with Crippen LogP contribution < -0.4 is 0 Å². The number of esters is 1. The molecule has 0 amide bonds. The standard InChI is InChI=1S/C7H14O2.C4H8O2/c1-3-5-6-9-7(8)4-2;1-2-3-4(5)6/h3-6H2,1-2H3;2-3H2,1H3,(H,5,6). The fourth-order valence-corrected chi connectivity index (χ4v) is 0.646. The van der Waals surface area contributed by atoms with Crippen molar-refractivity contribution in [3.63, 3.8) is 0 Å². The van der Waals surface area contributed by atoms with Gasteiger partial charge in [0.2, 0.25) is 0 Å². The largest absolute Gasteiger partial charge is 0.481 e. The first-order valence-corrected chi connectivity index (χ1v) is 5.45. The van der Waals surface area contributed by atoms with Crippen molar-refractivity contribution in [3.05, 3.63) is 0 Å². The number of carboxylic acids is 1. The monoisotopic (exact) mass is 218 g/mol. The lowest BCUT2D eigenvalue weighted by molar-refractivity contribution is -0.143. The van der Waals surface area contributed by atoms with Gasteiger partial charge in [-0.25, -0.2) is 0 Å². The summed E-state index contributed by atoms with van der Waals surface area (Å²) in [6, 6.07) is 0. The second-order valence-electron chi connectivity index (χ2n) is 3.07. The van der Waals surface area contributed by atoms with Crippen LogP contribution in [0.25, 0.3) is 0 Å². The van der Waals surface area contributed by atoms with E-state index in [1.165, 1.54) is 0 Å². The molecule has 0 heterocycles. The summed E-state index contributed by atoms with van der Waals surface area (Å²) in [6.45, 7) is 6.30. The third-order valence-corrected chi connectivity index (χ3v) is 1.51. The Morgan fingerprint density at radius 3 is 2.00 bits per heavy atom. The van der Waals surface area contributed by atoms with Crippen LogP contribution in [0.15, 0.2) is 0 Å². The minimum atomic E-state index is -0.711. The maximum absolute atomic E-state index is 10.5. The van der Waals surface area contributed by atoms with E-state index in [0.29, 0.717) is 19.4 Å². The summed E-state index contributed by atoms with van der Waals surface area (Å²) in [7, 11) is 0. The van der Waals surface area contributed by atoms with E-state index in [2.05, 4.69) is 6.92 Å². The third kappa shape index (κ3) is 19.4. The molecule has 0 aromatic rings. The van der Waals surface area contributed by atoms with Crippen molar-refractivity contribution in [2.45, 2.75) is 52.9 Å². The number of ether oxygens (including phenoxy) is 1. The van der Waals surface area contributed by atoms with Crippen molar-refractivity contribution in [2.24, 2.45) is 0 Å². The second-order valence-corrected chi connectivity index (χ2v) is 3.07. The summed E-state index contributed by atoms with van der Waals surface area (Å²) in [5.74, 6) is -0.805. The smallest absolute Gasteiger partial charge is 0.305 e. The summed E-state index contributed by atoms with van der Waals surface area (Å²) in [6.07, 6.45) is 3.57. The number of rotatable bonds is 6. The number of unbranched alkanes of at least 4 members (excludes halogenated alkanes) is 1. The van der Waals surface area contributed by atoms with E-state index < -0.39 is 5.97 Å². The van der Waals surface area contributed by atoms with Gasteiger partial charge in [-0.05, 0) is 12.8 Å². The SMILES string of the molecule is CCCC(=O)O.CCCCOC(=O)CC. The van der Waals surface area contributed by atoms with Gasteiger partial charge >= 0.3 is 11.9 Å². The summed E-state index contributed by atoms with van der Waals surface area (Å²) in [5, 5.41) is 7.91. The second kappa shape index (κ2) is 12.9. The molecular formula is C11H22O4. The van der Waals surface area contributed by atoms with E-state index in [1.807, 2.05) is 6.92 Å². The molecule has 0 saturated heterocycles. The highest BCUT2D eigenvalue weighted by Crippen LogP contribution is 1.90. The van der Waals surface area contributed by atoms with Crippen LogP contribution in [-0.4, -0.2) is 23.7 Å². The maximum atomic E-state index is 10.5. The topological polar surface area (TPSA) is 63.6 Å². The van der Waals surface area contributed by atoms with Gasteiger partial charge in [0.05, 0.1) is 6.61 Å². The molecule has 0 aliphatic heterocycles. The van der Waals surface area contributed by atoms with E-state index in [9.17, 15) is 9.59 Å². The highest BCUT2D eigenvalue weighted by atomic mass is 16.5. The lowest BCUT2D eigenvalue weighted by Crippen LogP contribution is -2.02. The van der Waals surface area contributed by atoms with Gasteiger partial charge in [0, 0.05) is 12.8 Å². The number of hydrogen-bond donors (Lipinski definition) is 1. The molecule has 0 aromatic carbocycles. The van der Waals surface area contributed by atoms with Gasteiger partial charge in [0.15, 0.2) is 0 Å². The Morgan fingerprint density at radius 2 is 1.73 bits per heavy atom. The Labute approximate surface area is 91.6 Å². The van der Waals surface area contributed by atoms with Crippen molar-refractivity contribution in [3.8, 4) is 0 Å². The van der Waals surface area contributed by atoms with E-state index in [-0.39, 0.29) is 5.97 Å². The predicted octanol–water partition coefficient (Wildman–Crippen LogP) is 2.61. The van der Waals surface area contributed by atoms with Gasteiger partial charge < -0.3 is 9.84 Å². The highest BCUT2D eigenvalue weighted by molar-refractivity contribution is 5.68. The van der Waals surface area contributed by atoms with Crippen LogP contribution in [0.2, 0.25) is 0 Å². The molecule has 0 aliphatic carbocycles. The van der Waals surface area contributed by atoms with Crippen LogP contribution in [0.4, 0.5) is 0 Å². The maximum Gasteiger partial charge on any atom is 0.305 e. The number of aliphatic carboxylic acids is 1. The zero-order valence-electron chi connectivity index (χ0n) is 9.91. The molecule has 90 valence electrons. The van der Waals surface area contributed by atoms with Crippen molar-refractivity contribution in [1.82, 2.24) is 0 Å². The molecule has 0 unspecified atom stereocenters. The summed E-state index contributed by atoms with van der Waals surface area (Å²) >= 11 is 0. The molecule has 4 nitrogen and oxygen atoms in total. The molecular weight excluding hydrogens is 196 g/mol. The van der Waals surface area contributed by atoms with Crippen molar-refractivity contribution >= 4 is 11.9 Å². The van der Waals surface area contributed by atoms with Crippen molar-refractivity contribution < 1.29 is 19.4 Å². The Bertz CT molecular complexity index is 166. The molecule has 4 heteroatoms. The molecule has 0 spiro atoms. The van der Waals surface area contributed by atoms with E-state index >= 15 is 0 Å². The first-order chi connectivity index (χ1) is 7.08. The fraction of sp³-hybridized carbons (Fsp3) is 0.818. The van der Waals surface area contributed by atoms with Crippen LogP contribution >= 0.6 is 0 Å². The fourth-order valence-electron chi connectivity index (χ4n) is 0.646. The summed E-state index contributed by atoms with van der Waals surface area (Å²) in [4.78, 5) is 20.1. The van der Waals surface area contributed by atoms with E-state index in [0.717, 1.165) is 19.3 Å². The molecule has 0 fully saturated rings. The van der Waals surface area contributed by atoms with E-state index in [1.54, 1.807) is 6.92 Å². The summed E-state index contributed by atoms with van der Waals surface area (Å²) < 4.78 is 4.79. The molecule has 15 heavy (non-hydrogen) atoms. The molecule has 0 rings (SSSR count). The Morgan fingerprint density at radius 1 is 1.13 bits per heavy atom. The summed E-state index contributed by atoms with van der Waals surface area (Å²) in [5.41, 5.74) is 0. The minimum absolute atomic E-state index is 0.0940.